The fourth-order valence-electron chi connectivity index (χ4n) is 2.80. The van der Waals surface area contributed by atoms with E-state index in [4.69, 9.17) is 0 Å². The van der Waals surface area contributed by atoms with Crippen molar-refractivity contribution >= 4 is 11.8 Å². The highest BCUT2D eigenvalue weighted by Gasteiger charge is 2.20. The van der Waals surface area contributed by atoms with Crippen molar-refractivity contribution in [1.29, 1.82) is 0 Å². The summed E-state index contributed by atoms with van der Waals surface area (Å²) in [4.78, 5) is 2.58. The Labute approximate surface area is 122 Å². The Balaban J connectivity index is 1.70. The van der Waals surface area contributed by atoms with Crippen molar-refractivity contribution in [2.75, 3.05) is 25.1 Å². The maximum absolute atomic E-state index is 3.76. The van der Waals surface area contributed by atoms with Crippen LogP contribution in [-0.2, 0) is 6.54 Å². The Morgan fingerprint density at radius 2 is 1.95 bits per heavy atom. The van der Waals surface area contributed by atoms with Crippen molar-refractivity contribution in [2.24, 2.45) is 0 Å². The molecule has 106 valence electrons. The normalized spacial score (nSPS) is 19.5. The number of thioether (sulfide) groups is 1. The number of nitrogens with zero attached hydrogens (tertiary/aromatic N) is 1. The lowest BCUT2D eigenvalue weighted by Crippen LogP contribution is -2.45. The molecule has 0 radical (unpaired) electrons. The molecule has 0 amide bonds. The molecule has 1 heterocycles. The summed E-state index contributed by atoms with van der Waals surface area (Å²) in [6, 6.07) is 12.2. The Hall–Kier alpha value is -0.510. The zero-order valence-corrected chi connectivity index (χ0v) is 13.0. The molecule has 1 aromatic rings. The summed E-state index contributed by atoms with van der Waals surface area (Å²) in [5.41, 5.74) is 1.43. The lowest BCUT2D eigenvalue weighted by molar-refractivity contribution is 0.187. The summed E-state index contributed by atoms with van der Waals surface area (Å²) in [5, 5.41) is 3.76. The first-order valence-electron chi connectivity index (χ1n) is 7.29. The maximum atomic E-state index is 3.76. The van der Waals surface area contributed by atoms with Gasteiger partial charge >= 0.3 is 0 Å². The van der Waals surface area contributed by atoms with Crippen molar-refractivity contribution in [3.8, 4) is 0 Å². The monoisotopic (exact) mass is 278 g/mol. The van der Waals surface area contributed by atoms with E-state index in [1.807, 2.05) is 11.8 Å². The van der Waals surface area contributed by atoms with Gasteiger partial charge in [-0.2, -0.15) is 11.8 Å². The zero-order valence-electron chi connectivity index (χ0n) is 12.1. The summed E-state index contributed by atoms with van der Waals surface area (Å²) in [6.45, 7) is 5.85. The first kappa shape index (κ1) is 14.9. The molecular weight excluding hydrogens is 252 g/mol. The third-order valence-corrected chi connectivity index (χ3v) is 4.61. The highest BCUT2D eigenvalue weighted by Crippen LogP contribution is 2.14. The molecule has 1 aromatic carbocycles. The van der Waals surface area contributed by atoms with E-state index >= 15 is 0 Å². The SMILES string of the molecule is CSCC(C)NC1CCN(Cc2ccccc2)CC1. The quantitative estimate of drug-likeness (QED) is 0.861. The van der Waals surface area contributed by atoms with Gasteiger partial charge < -0.3 is 5.32 Å². The van der Waals surface area contributed by atoms with E-state index in [2.05, 4.69) is 53.7 Å². The standard InChI is InChI=1S/C16H26N2S/c1-14(13-19-2)17-16-8-10-18(11-9-16)12-15-6-4-3-5-7-15/h3-7,14,16-17H,8-13H2,1-2H3. The van der Waals surface area contributed by atoms with Crippen LogP contribution in [-0.4, -0.2) is 42.1 Å². The average Bonchev–Trinajstić information content (AvgIpc) is 2.42. The number of piperidine rings is 1. The predicted octanol–water partition coefficient (Wildman–Crippen LogP) is 2.99. The van der Waals surface area contributed by atoms with Crippen molar-refractivity contribution in [1.82, 2.24) is 10.2 Å². The minimum absolute atomic E-state index is 0.640. The second-order valence-corrected chi connectivity index (χ2v) is 6.47. The Bertz CT molecular complexity index is 347. The molecule has 0 bridgehead atoms. The fourth-order valence-corrected chi connectivity index (χ4v) is 3.40. The smallest absolute Gasteiger partial charge is 0.0233 e. The third kappa shape index (κ3) is 5.17. The van der Waals surface area contributed by atoms with Crippen molar-refractivity contribution < 1.29 is 0 Å². The van der Waals surface area contributed by atoms with Gasteiger partial charge in [0.05, 0.1) is 0 Å². The van der Waals surface area contributed by atoms with Gasteiger partial charge in [0.25, 0.3) is 0 Å². The first-order valence-corrected chi connectivity index (χ1v) is 8.68. The van der Waals surface area contributed by atoms with Crippen molar-refractivity contribution in [3.05, 3.63) is 35.9 Å². The van der Waals surface area contributed by atoms with Gasteiger partial charge in [0, 0.05) is 24.4 Å². The van der Waals surface area contributed by atoms with Crippen LogP contribution in [0.5, 0.6) is 0 Å². The molecule has 2 nitrogen and oxygen atoms in total. The van der Waals surface area contributed by atoms with E-state index < -0.39 is 0 Å². The van der Waals surface area contributed by atoms with Crippen LogP contribution in [0, 0.1) is 0 Å². The zero-order chi connectivity index (χ0) is 13.5. The van der Waals surface area contributed by atoms with Gasteiger partial charge in [-0.1, -0.05) is 30.3 Å². The molecule has 0 spiro atoms. The van der Waals surface area contributed by atoms with Gasteiger partial charge in [0.15, 0.2) is 0 Å². The molecule has 1 aliphatic rings. The van der Waals surface area contributed by atoms with Crippen LogP contribution in [0.4, 0.5) is 0 Å². The molecule has 0 saturated carbocycles. The lowest BCUT2D eigenvalue weighted by atomic mass is 10.0. The second kappa shape index (κ2) is 7.93. The number of rotatable bonds is 6. The number of likely N-dealkylation sites (tertiary alicyclic amines) is 1. The molecule has 1 fully saturated rings. The molecule has 1 N–H and O–H groups in total. The Morgan fingerprint density at radius 1 is 1.26 bits per heavy atom. The molecule has 1 atom stereocenters. The number of hydrogen-bond acceptors (Lipinski definition) is 3. The van der Waals surface area contributed by atoms with Crippen LogP contribution in [0.1, 0.15) is 25.3 Å². The van der Waals surface area contributed by atoms with E-state index in [1.165, 1.54) is 37.2 Å². The van der Waals surface area contributed by atoms with Crippen LogP contribution in [0.15, 0.2) is 30.3 Å². The topological polar surface area (TPSA) is 15.3 Å². The Kier molecular flexibility index (Phi) is 6.21. The van der Waals surface area contributed by atoms with Gasteiger partial charge in [-0.05, 0) is 44.7 Å². The summed E-state index contributed by atoms with van der Waals surface area (Å²) >= 11 is 1.93. The van der Waals surface area contributed by atoms with Crippen LogP contribution >= 0.6 is 11.8 Å². The second-order valence-electron chi connectivity index (χ2n) is 5.56. The summed E-state index contributed by atoms with van der Waals surface area (Å²) in [7, 11) is 0. The van der Waals surface area contributed by atoms with Crippen LogP contribution in [0.3, 0.4) is 0 Å². The highest BCUT2D eigenvalue weighted by atomic mass is 32.2. The average molecular weight is 278 g/mol. The summed E-state index contributed by atoms with van der Waals surface area (Å²) in [5.74, 6) is 1.21. The van der Waals surface area contributed by atoms with E-state index in [-0.39, 0.29) is 0 Å². The van der Waals surface area contributed by atoms with Gasteiger partial charge in [-0.3, -0.25) is 4.90 Å². The number of benzene rings is 1. The molecule has 2 rings (SSSR count). The van der Waals surface area contributed by atoms with E-state index in [9.17, 15) is 0 Å². The van der Waals surface area contributed by atoms with E-state index in [1.54, 1.807) is 0 Å². The van der Waals surface area contributed by atoms with Crippen LogP contribution in [0.2, 0.25) is 0 Å². The largest absolute Gasteiger partial charge is 0.311 e. The van der Waals surface area contributed by atoms with Crippen LogP contribution in [0.25, 0.3) is 0 Å². The first-order chi connectivity index (χ1) is 9.28. The molecule has 1 aliphatic heterocycles. The Morgan fingerprint density at radius 3 is 2.58 bits per heavy atom. The predicted molar refractivity (Wildman–Crippen MR) is 85.7 cm³/mol. The summed E-state index contributed by atoms with van der Waals surface area (Å²) < 4.78 is 0. The third-order valence-electron chi connectivity index (χ3n) is 3.77. The number of nitrogens with one attached hydrogen (secondary N) is 1. The van der Waals surface area contributed by atoms with Gasteiger partial charge in [-0.25, -0.2) is 0 Å². The molecule has 0 aromatic heterocycles. The molecule has 19 heavy (non-hydrogen) atoms. The van der Waals surface area contributed by atoms with E-state index in [0.29, 0.717) is 12.1 Å². The maximum Gasteiger partial charge on any atom is 0.0233 e. The van der Waals surface area contributed by atoms with Gasteiger partial charge in [0.1, 0.15) is 0 Å². The molecule has 1 saturated heterocycles. The minimum atomic E-state index is 0.640. The molecule has 3 heteroatoms. The molecule has 0 aliphatic carbocycles. The number of hydrogen-bond donors (Lipinski definition) is 1. The van der Waals surface area contributed by atoms with Crippen molar-refractivity contribution in [3.63, 3.8) is 0 Å². The van der Waals surface area contributed by atoms with E-state index in [0.717, 1.165) is 6.54 Å². The summed E-state index contributed by atoms with van der Waals surface area (Å²) in [6.07, 6.45) is 4.75. The molecular formula is C16H26N2S. The van der Waals surface area contributed by atoms with Crippen molar-refractivity contribution in [2.45, 2.75) is 38.4 Å². The minimum Gasteiger partial charge on any atom is -0.311 e. The van der Waals surface area contributed by atoms with Gasteiger partial charge in [0.2, 0.25) is 0 Å². The fraction of sp³-hybridized carbons (Fsp3) is 0.625. The highest BCUT2D eigenvalue weighted by molar-refractivity contribution is 7.98. The molecule has 1 unspecified atom stereocenters. The lowest BCUT2D eigenvalue weighted by Gasteiger charge is -2.33. The van der Waals surface area contributed by atoms with Crippen LogP contribution < -0.4 is 5.32 Å². The van der Waals surface area contributed by atoms with Gasteiger partial charge in [-0.15, -0.1) is 0 Å².